The van der Waals surface area contributed by atoms with Gasteiger partial charge in [-0.3, -0.25) is 9.59 Å². The van der Waals surface area contributed by atoms with Crippen molar-refractivity contribution < 1.29 is 9.59 Å². The predicted octanol–water partition coefficient (Wildman–Crippen LogP) is 1.33. The summed E-state index contributed by atoms with van der Waals surface area (Å²) in [6.45, 7) is 3.83. The molecule has 0 aliphatic heterocycles. The molecule has 0 aromatic rings. The first-order chi connectivity index (χ1) is 4.58. The molecular weight excluding hydrogens is 128 g/mol. The Morgan fingerprint density at radius 3 is 2.30 bits per heavy atom. The van der Waals surface area contributed by atoms with Gasteiger partial charge < -0.3 is 0 Å². The van der Waals surface area contributed by atoms with Crippen molar-refractivity contribution in [3.63, 3.8) is 0 Å². The van der Waals surface area contributed by atoms with Crippen LogP contribution in [0.25, 0.3) is 0 Å². The average Bonchev–Trinajstić information content (AvgIpc) is 2.09. The van der Waals surface area contributed by atoms with Gasteiger partial charge in [0.15, 0.2) is 0 Å². The van der Waals surface area contributed by atoms with Crippen molar-refractivity contribution in [2.75, 3.05) is 0 Å². The van der Waals surface area contributed by atoms with E-state index in [1.54, 1.807) is 0 Å². The topological polar surface area (TPSA) is 34.1 Å². The highest BCUT2D eigenvalue weighted by Gasteiger charge is 2.40. The van der Waals surface area contributed by atoms with E-state index < -0.39 is 0 Å². The molecule has 0 radical (unpaired) electrons. The minimum absolute atomic E-state index is 0.106. The van der Waals surface area contributed by atoms with Crippen LogP contribution in [0.2, 0.25) is 0 Å². The van der Waals surface area contributed by atoms with Gasteiger partial charge in [0, 0.05) is 11.8 Å². The third kappa shape index (κ3) is 0.981. The zero-order chi connectivity index (χ0) is 7.78. The SMILES string of the molecule is CCC1(C)CC(=O)CC1=O. The van der Waals surface area contributed by atoms with Gasteiger partial charge in [0.05, 0.1) is 6.42 Å². The van der Waals surface area contributed by atoms with Crippen LogP contribution >= 0.6 is 0 Å². The van der Waals surface area contributed by atoms with Crippen LogP contribution in [0.1, 0.15) is 33.1 Å². The van der Waals surface area contributed by atoms with Crippen molar-refractivity contribution in [3.05, 3.63) is 0 Å². The van der Waals surface area contributed by atoms with Crippen LogP contribution in [0.4, 0.5) is 0 Å². The summed E-state index contributed by atoms with van der Waals surface area (Å²) in [5.41, 5.74) is -0.322. The van der Waals surface area contributed by atoms with Crippen LogP contribution in [0.5, 0.6) is 0 Å². The summed E-state index contributed by atoms with van der Waals surface area (Å²) in [6, 6.07) is 0. The summed E-state index contributed by atoms with van der Waals surface area (Å²) in [5.74, 6) is 0.231. The Bertz CT molecular complexity index is 184. The summed E-state index contributed by atoms with van der Waals surface area (Å²) in [7, 11) is 0. The van der Waals surface area contributed by atoms with Crippen LogP contribution < -0.4 is 0 Å². The molecular formula is C8H12O2. The van der Waals surface area contributed by atoms with E-state index >= 15 is 0 Å². The first kappa shape index (κ1) is 7.45. The van der Waals surface area contributed by atoms with Gasteiger partial charge in [0.2, 0.25) is 0 Å². The van der Waals surface area contributed by atoms with Crippen molar-refractivity contribution in [3.8, 4) is 0 Å². The van der Waals surface area contributed by atoms with Crippen LogP contribution in [0.3, 0.4) is 0 Å². The fraction of sp³-hybridized carbons (Fsp3) is 0.750. The van der Waals surface area contributed by atoms with Crippen molar-refractivity contribution in [2.45, 2.75) is 33.1 Å². The largest absolute Gasteiger partial charge is 0.299 e. The summed E-state index contributed by atoms with van der Waals surface area (Å²) in [4.78, 5) is 21.9. The van der Waals surface area contributed by atoms with E-state index in [9.17, 15) is 9.59 Å². The smallest absolute Gasteiger partial charge is 0.146 e. The molecule has 0 spiro atoms. The van der Waals surface area contributed by atoms with Crippen molar-refractivity contribution in [2.24, 2.45) is 5.41 Å². The molecule has 0 heterocycles. The van der Waals surface area contributed by atoms with E-state index in [-0.39, 0.29) is 23.4 Å². The van der Waals surface area contributed by atoms with Crippen molar-refractivity contribution in [1.29, 1.82) is 0 Å². The lowest BCUT2D eigenvalue weighted by Crippen LogP contribution is -2.19. The van der Waals surface area contributed by atoms with E-state index in [2.05, 4.69) is 0 Å². The molecule has 1 rings (SSSR count). The van der Waals surface area contributed by atoms with E-state index in [1.807, 2.05) is 13.8 Å². The Morgan fingerprint density at radius 1 is 1.50 bits per heavy atom. The van der Waals surface area contributed by atoms with Gasteiger partial charge in [-0.1, -0.05) is 13.8 Å². The Hall–Kier alpha value is -0.660. The highest BCUT2D eigenvalue weighted by molar-refractivity contribution is 6.09. The number of hydrogen-bond acceptors (Lipinski definition) is 2. The number of hydrogen-bond donors (Lipinski definition) is 0. The van der Waals surface area contributed by atoms with Gasteiger partial charge in [0.1, 0.15) is 11.6 Å². The molecule has 0 amide bonds. The lowest BCUT2D eigenvalue weighted by molar-refractivity contribution is -0.125. The van der Waals surface area contributed by atoms with Gasteiger partial charge in [-0.25, -0.2) is 0 Å². The van der Waals surface area contributed by atoms with E-state index in [4.69, 9.17) is 0 Å². The molecule has 0 aromatic heterocycles. The fourth-order valence-electron chi connectivity index (χ4n) is 1.31. The average molecular weight is 140 g/mol. The van der Waals surface area contributed by atoms with Crippen LogP contribution in [0, 0.1) is 5.41 Å². The monoisotopic (exact) mass is 140 g/mol. The zero-order valence-corrected chi connectivity index (χ0v) is 6.44. The van der Waals surface area contributed by atoms with Crippen LogP contribution in [-0.4, -0.2) is 11.6 Å². The first-order valence-electron chi connectivity index (χ1n) is 3.63. The number of carbonyl (C=O) groups is 2. The molecule has 0 saturated heterocycles. The van der Waals surface area contributed by atoms with E-state index in [1.165, 1.54) is 0 Å². The molecule has 1 atom stereocenters. The number of Topliss-reactive ketones (excluding diaryl/α,β-unsaturated/α-hetero) is 2. The van der Waals surface area contributed by atoms with Gasteiger partial charge in [-0.15, -0.1) is 0 Å². The summed E-state index contributed by atoms with van der Waals surface area (Å²) in [6.07, 6.45) is 1.42. The third-order valence-corrected chi connectivity index (χ3v) is 2.40. The number of rotatable bonds is 1. The summed E-state index contributed by atoms with van der Waals surface area (Å²) < 4.78 is 0. The summed E-state index contributed by atoms with van der Waals surface area (Å²) in [5, 5.41) is 0. The van der Waals surface area contributed by atoms with Gasteiger partial charge in [0.25, 0.3) is 0 Å². The molecule has 1 fully saturated rings. The Balaban J connectivity index is 2.80. The highest BCUT2D eigenvalue weighted by Crippen LogP contribution is 2.34. The minimum Gasteiger partial charge on any atom is -0.299 e. The molecule has 1 aliphatic carbocycles. The quantitative estimate of drug-likeness (QED) is 0.515. The van der Waals surface area contributed by atoms with Gasteiger partial charge in [-0.05, 0) is 6.42 Å². The second-order valence-electron chi connectivity index (χ2n) is 3.23. The molecule has 10 heavy (non-hydrogen) atoms. The summed E-state index contributed by atoms with van der Waals surface area (Å²) >= 11 is 0. The molecule has 0 aromatic carbocycles. The molecule has 0 bridgehead atoms. The van der Waals surface area contributed by atoms with E-state index in [0.29, 0.717) is 6.42 Å². The molecule has 1 aliphatic rings. The highest BCUT2D eigenvalue weighted by atomic mass is 16.2. The molecule has 1 unspecified atom stereocenters. The third-order valence-electron chi connectivity index (χ3n) is 2.40. The lowest BCUT2D eigenvalue weighted by atomic mass is 9.85. The maximum absolute atomic E-state index is 11.1. The van der Waals surface area contributed by atoms with Crippen molar-refractivity contribution in [1.82, 2.24) is 0 Å². The zero-order valence-electron chi connectivity index (χ0n) is 6.44. The second kappa shape index (κ2) is 2.19. The molecule has 2 heteroatoms. The Morgan fingerprint density at radius 2 is 2.10 bits per heavy atom. The Labute approximate surface area is 60.6 Å². The van der Waals surface area contributed by atoms with Gasteiger partial charge >= 0.3 is 0 Å². The molecule has 1 saturated carbocycles. The van der Waals surface area contributed by atoms with Crippen LogP contribution in [0.15, 0.2) is 0 Å². The number of carbonyl (C=O) groups excluding carboxylic acids is 2. The minimum atomic E-state index is -0.322. The van der Waals surface area contributed by atoms with Gasteiger partial charge in [-0.2, -0.15) is 0 Å². The van der Waals surface area contributed by atoms with Crippen LogP contribution in [-0.2, 0) is 9.59 Å². The second-order valence-corrected chi connectivity index (χ2v) is 3.23. The lowest BCUT2D eigenvalue weighted by Gasteiger charge is -2.16. The molecule has 0 N–H and O–H groups in total. The maximum atomic E-state index is 11.1. The predicted molar refractivity (Wildman–Crippen MR) is 37.6 cm³/mol. The fourth-order valence-corrected chi connectivity index (χ4v) is 1.31. The van der Waals surface area contributed by atoms with E-state index in [0.717, 1.165) is 6.42 Å². The molecule has 2 nitrogen and oxygen atoms in total. The number of ketones is 2. The molecule has 56 valence electrons. The first-order valence-corrected chi connectivity index (χ1v) is 3.63. The standard InChI is InChI=1S/C8H12O2/c1-3-8(2)5-6(9)4-7(8)10/h3-5H2,1-2H3. The maximum Gasteiger partial charge on any atom is 0.146 e. The Kier molecular flexibility index (Phi) is 1.63. The normalized spacial score (nSPS) is 33.4. The van der Waals surface area contributed by atoms with Crippen molar-refractivity contribution >= 4 is 11.6 Å².